The normalized spacial score (nSPS) is 17.0. The first kappa shape index (κ1) is 18.7. The summed E-state index contributed by atoms with van der Waals surface area (Å²) in [6.45, 7) is 8.23. The number of rotatable bonds is 8. The number of piperazine rings is 1. The summed E-state index contributed by atoms with van der Waals surface area (Å²) in [4.78, 5) is 4.92. The van der Waals surface area contributed by atoms with Crippen molar-refractivity contribution in [3.05, 3.63) is 60.2 Å². The molecule has 0 aliphatic carbocycles. The molecule has 0 aromatic heterocycles. The van der Waals surface area contributed by atoms with Gasteiger partial charge in [0.05, 0.1) is 6.61 Å². The summed E-state index contributed by atoms with van der Waals surface area (Å²) in [7, 11) is 2.19. The van der Waals surface area contributed by atoms with E-state index in [1.165, 1.54) is 5.56 Å². The first-order valence-corrected chi connectivity index (χ1v) is 9.60. The Kier molecular flexibility index (Phi) is 6.92. The lowest BCUT2D eigenvalue weighted by Gasteiger charge is -2.33. The summed E-state index contributed by atoms with van der Waals surface area (Å²) in [6, 6.07) is 18.5. The van der Waals surface area contributed by atoms with E-state index >= 15 is 0 Å². The van der Waals surface area contributed by atoms with E-state index in [0.29, 0.717) is 6.61 Å². The van der Waals surface area contributed by atoms with E-state index in [-0.39, 0.29) is 6.10 Å². The highest BCUT2D eigenvalue weighted by Crippen LogP contribution is 2.32. The van der Waals surface area contributed by atoms with Gasteiger partial charge in [0.1, 0.15) is 6.10 Å². The van der Waals surface area contributed by atoms with Crippen molar-refractivity contribution in [2.24, 2.45) is 0 Å². The number of likely N-dealkylation sites (N-methyl/N-ethyl adjacent to an activating group) is 1. The molecule has 1 heterocycles. The summed E-state index contributed by atoms with van der Waals surface area (Å²) in [5, 5.41) is 0. The fraction of sp³-hybridized carbons (Fsp3) is 0.455. The van der Waals surface area contributed by atoms with Gasteiger partial charge in [-0.3, -0.25) is 0 Å². The molecule has 1 fully saturated rings. The second-order valence-corrected chi connectivity index (χ2v) is 6.83. The minimum Gasteiger partial charge on any atom is -0.490 e. The number of nitrogens with zero attached hydrogens (tertiary/aromatic N) is 2. The zero-order valence-corrected chi connectivity index (χ0v) is 15.9. The topological polar surface area (TPSA) is 24.9 Å². The van der Waals surface area contributed by atoms with E-state index in [2.05, 4.69) is 47.2 Å². The molecule has 0 saturated carbocycles. The largest absolute Gasteiger partial charge is 0.490 e. The standard InChI is InChI=1S/C22H30N2O2/c1-3-25-21-11-7-8-12-22(21)26-20(19-9-5-4-6-10-19)13-14-24-17-15-23(2)16-18-24/h4-12,20H,3,13-18H2,1-2H3/t20-/m1/s1. The maximum Gasteiger partial charge on any atom is 0.162 e. The second kappa shape index (κ2) is 9.60. The predicted octanol–water partition coefficient (Wildman–Crippen LogP) is 3.84. The van der Waals surface area contributed by atoms with Crippen LogP contribution in [0.5, 0.6) is 11.5 Å². The van der Waals surface area contributed by atoms with Crippen LogP contribution in [0.3, 0.4) is 0 Å². The van der Waals surface area contributed by atoms with Crippen molar-refractivity contribution in [1.29, 1.82) is 0 Å². The Morgan fingerprint density at radius 3 is 2.23 bits per heavy atom. The molecule has 1 aliphatic heterocycles. The van der Waals surface area contributed by atoms with Crippen LogP contribution in [0.2, 0.25) is 0 Å². The number of ether oxygens (including phenoxy) is 2. The van der Waals surface area contributed by atoms with Crippen LogP contribution in [-0.2, 0) is 0 Å². The summed E-state index contributed by atoms with van der Waals surface area (Å²) in [6.07, 6.45) is 0.992. The molecule has 2 aromatic rings. The Balaban J connectivity index is 1.70. The lowest BCUT2D eigenvalue weighted by Crippen LogP contribution is -2.45. The van der Waals surface area contributed by atoms with E-state index in [9.17, 15) is 0 Å². The molecule has 4 heteroatoms. The number of hydrogen-bond acceptors (Lipinski definition) is 4. The third-order valence-corrected chi connectivity index (χ3v) is 4.89. The maximum atomic E-state index is 6.43. The number of hydrogen-bond donors (Lipinski definition) is 0. The van der Waals surface area contributed by atoms with Gasteiger partial charge in [-0.25, -0.2) is 0 Å². The van der Waals surface area contributed by atoms with Crippen molar-refractivity contribution >= 4 is 0 Å². The third kappa shape index (κ3) is 5.23. The van der Waals surface area contributed by atoms with E-state index in [1.54, 1.807) is 0 Å². The van der Waals surface area contributed by atoms with Crippen LogP contribution < -0.4 is 9.47 Å². The van der Waals surface area contributed by atoms with Crippen LogP contribution in [0.15, 0.2) is 54.6 Å². The minimum absolute atomic E-state index is 0.0254. The van der Waals surface area contributed by atoms with Gasteiger partial charge < -0.3 is 19.3 Å². The Bertz CT molecular complexity index is 654. The van der Waals surface area contributed by atoms with E-state index in [1.807, 2.05) is 31.2 Å². The van der Waals surface area contributed by atoms with Crippen LogP contribution in [0.1, 0.15) is 25.0 Å². The molecule has 1 aliphatic rings. The SMILES string of the molecule is CCOc1ccccc1O[C@H](CCN1CCN(C)CC1)c1ccccc1. The van der Waals surface area contributed by atoms with Gasteiger partial charge in [0, 0.05) is 39.1 Å². The van der Waals surface area contributed by atoms with Gasteiger partial charge in [0.25, 0.3) is 0 Å². The molecule has 140 valence electrons. The molecule has 0 bridgehead atoms. The maximum absolute atomic E-state index is 6.43. The van der Waals surface area contributed by atoms with Crippen molar-refractivity contribution in [3.63, 3.8) is 0 Å². The van der Waals surface area contributed by atoms with Crippen LogP contribution in [-0.4, -0.2) is 56.2 Å². The fourth-order valence-corrected chi connectivity index (χ4v) is 3.31. The lowest BCUT2D eigenvalue weighted by atomic mass is 10.1. The van der Waals surface area contributed by atoms with Crippen molar-refractivity contribution < 1.29 is 9.47 Å². The minimum atomic E-state index is 0.0254. The van der Waals surface area contributed by atoms with Crippen molar-refractivity contribution in [1.82, 2.24) is 9.80 Å². The van der Waals surface area contributed by atoms with Crippen molar-refractivity contribution in [2.75, 3.05) is 46.4 Å². The molecule has 1 saturated heterocycles. The molecular weight excluding hydrogens is 324 g/mol. The smallest absolute Gasteiger partial charge is 0.162 e. The van der Waals surface area contributed by atoms with Gasteiger partial charge in [0.15, 0.2) is 11.5 Å². The van der Waals surface area contributed by atoms with E-state index < -0.39 is 0 Å². The van der Waals surface area contributed by atoms with Crippen LogP contribution in [0.25, 0.3) is 0 Å². The molecule has 0 spiro atoms. The number of para-hydroxylation sites is 2. The average Bonchev–Trinajstić information content (AvgIpc) is 2.68. The fourth-order valence-electron chi connectivity index (χ4n) is 3.31. The molecular formula is C22H30N2O2. The highest BCUT2D eigenvalue weighted by atomic mass is 16.5. The predicted molar refractivity (Wildman–Crippen MR) is 106 cm³/mol. The van der Waals surface area contributed by atoms with Crippen molar-refractivity contribution in [2.45, 2.75) is 19.4 Å². The highest BCUT2D eigenvalue weighted by molar-refractivity contribution is 5.40. The molecule has 0 amide bonds. The summed E-state index contributed by atoms with van der Waals surface area (Å²) >= 11 is 0. The van der Waals surface area contributed by atoms with Crippen LogP contribution >= 0.6 is 0 Å². The Labute approximate surface area is 157 Å². The summed E-state index contributed by atoms with van der Waals surface area (Å²) < 4.78 is 12.2. The van der Waals surface area contributed by atoms with Gasteiger partial charge >= 0.3 is 0 Å². The molecule has 1 atom stereocenters. The van der Waals surface area contributed by atoms with Gasteiger partial charge in [-0.15, -0.1) is 0 Å². The van der Waals surface area contributed by atoms with Gasteiger partial charge in [0.2, 0.25) is 0 Å². The quantitative estimate of drug-likeness (QED) is 0.719. The molecule has 0 unspecified atom stereocenters. The molecule has 26 heavy (non-hydrogen) atoms. The first-order valence-electron chi connectivity index (χ1n) is 9.60. The number of benzene rings is 2. The first-order chi connectivity index (χ1) is 12.8. The molecule has 3 rings (SSSR count). The zero-order valence-electron chi connectivity index (χ0n) is 15.9. The van der Waals surface area contributed by atoms with Crippen LogP contribution in [0.4, 0.5) is 0 Å². The second-order valence-electron chi connectivity index (χ2n) is 6.83. The van der Waals surface area contributed by atoms with Gasteiger partial charge in [-0.2, -0.15) is 0 Å². The van der Waals surface area contributed by atoms with Gasteiger partial charge in [-0.1, -0.05) is 42.5 Å². The van der Waals surface area contributed by atoms with Crippen LogP contribution in [0, 0.1) is 0 Å². The molecule has 2 aromatic carbocycles. The Morgan fingerprint density at radius 2 is 1.54 bits per heavy atom. The van der Waals surface area contributed by atoms with Gasteiger partial charge in [-0.05, 0) is 31.7 Å². The lowest BCUT2D eigenvalue weighted by molar-refractivity contribution is 0.121. The average molecular weight is 354 g/mol. The summed E-state index contributed by atoms with van der Waals surface area (Å²) in [5.41, 5.74) is 1.22. The molecule has 0 radical (unpaired) electrons. The van der Waals surface area contributed by atoms with E-state index in [0.717, 1.165) is 50.6 Å². The molecule has 0 N–H and O–H groups in total. The third-order valence-electron chi connectivity index (χ3n) is 4.89. The van der Waals surface area contributed by atoms with Crippen molar-refractivity contribution in [3.8, 4) is 11.5 Å². The Morgan fingerprint density at radius 1 is 0.885 bits per heavy atom. The van der Waals surface area contributed by atoms with E-state index in [4.69, 9.17) is 9.47 Å². The molecule has 4 nitrogen and oxygen atoms in total. The monoisotopic (exact) mass is 354 g/mol. The Hall–Kier alpha value is -2.04. The highest BCUT2D eigenvalue weighted by Gasteiger charge is 2.19. The summed E-state index contributed by atoms with van der Waals surface area (Å²) in [5.74, 6) is 1.64. The zero-order chi connectivity index (χ0) is 18.2.